The summed E-state index contributed by atoms with van der Waals surface area (Å²) >= 11 is 0. The smallest absolute Gasteiger partial charge is 0.296 e. The van der Waals surface area contributed by atoms with E-state index >= 15 is 0 Å². The molecule has 2 aromatic heterocycles. The number of nitrogens with one attached hydrogen (secondary N) is 2. The van der Waals surface area contributed by atoms with Crippen molar-refractivity contribution in [1.29, 1.82) is 0 Å². The Kier molecular flexibility index (Phi) is 5.09. The first-order chi connectivity index (χ1) is 12.6. The summed E-state index contributed by atoms with van der Waals surface area (Å²) in [7, 11) is 0. The fourth-order valence-corrected chi connectivity index (χ4v) is 2.30. The first-order valence-electron chi connectivity index (χ1n) is 7.79. The molecule has 0 atom stereocenters. The Balaban J connectivity index is 1.56. The maximum absolute atomic E-state index is 12.1. The van der Waals surface area contributed by atoms with Gasteiger partial charge in [-0.3, -0.25) is 14.8 Å². The summed E-state index contributed by atoms with van der Waals surface area (Å²) in [6.07, 6.45) is 0.319. The summed E-state index contributed by atoms with van der Waals surface area (Å²) < 4.78 is 10.2. The molecule has 0 aliphatic rings. The van der Waals surface area contributed by atoms with E-state index in [-0.39, 0.29) is 23.8 Å². The summed E-state index contributed by atoms with van der Waals surface area (Å²) in [5.41, 5.74) is 3.49. The van der Waals surface area contributed by atoms with Crippen molar-refractivity contribution in [1.82, 2.24) is 21.1 Å². The third kappa shape index (κ3) is 3.95. The molecule has 3 rings (SSSR count). The number of carbonyl (C=O) groups excluding carboxylic acids is 2. The Labute approximate surface area is 147 Å². The zero-order valence-corrected chi connectivity index (χ0v) is 13.9. The van der Waals surface area contributed by atoms with E-state index in [9.17, 15) is 9.59 Å². The van der Waals surface area contributed by atoms with Crippen LogP contribution in [0.15, 0.2) is 45.4 Å². The van der Waals surface area contributed by atoms with Gasteiger partial charge < -0.3 is 14.4 Å². The highest BCUT2D eigenvalue weighted by atomic mass is 16.5. The van der Waals surface area contributed by atoms with E-state index < -0.39 is 5.91 Å². The second kappa shape index (κ2) is 7.62. The van der Waals surface area contributed by atoms with Crippen LogP contribution in [0.1, 0.15) is 32.3 Å². The molecule has 2 heterocycles. The van der Waals surface area contributed by atoms with E-state index in [0.717, 1.165) is 11.1 Å². The van der Waals surface area contributed by atoms with Crippen LogP contribution in [-0.2, 0) is 6.42 Å². The molecule has 0 saturated carbocycles. The normalized spacial score (nSPS) is 10.5. The standard InChI is InChI=1S/C17H16N4O5/c1-10-3-2-4-11(7-10)15-9-14(21-26-15)16(22)18-6-5-12-8-13(20-25-12)17(23)19-24/h2-4,7-9,24H,5-6H2,1H3,(H,18,22)(H,19,23). The molecule has 134 valence electrons. The van der Waals surface area contributed by atoms with Crippen LogP contribution < -0.4 is 10.8 Å². The molecule has 0 spiro atoms. The number of rotatable bonds is 6. The van der Waals surface area contributed by atoms with E-state index in [2.05, 4.69) is 15.6 Å². The van der Waals surface area contributed by atoms with Crippen LogP contribution in [-0.4, -0.2) is 33.9 Å². The van der Waals surface area contributed by atoms with Crippen molar-refractivity contribution < 1.29 is 23.8 Å². The lowest BCUT2D eigenvalue weighted by atomic mass is 10.1. The second-order valence-corrected chi connectivity index (χ2v) is 5.57. The Morgan fingerprint density at radius 3 is 2.62 bits per heavy atom. The highest BCUT2D eigenvalue weighted by Gasteiger charge is 2.15. The number of amides is 2. The average molecular weight is 356 g/mol. The number of aryl methyl sites for hydroxylation is 1. The first kappa shape index (κ1) is 17.4. The number of benzene rings is 1. The van der Waals surface area contributed by atoms with Gasteiger partial charge in [0, 0.05) is 30.7 Å². The Morgan fingerprint density at radius 2 is 1.85 bits per heavy atom. The molecule has 0 aliphatic heterocycles. The van der Waals surface area contributed by atoms with Crippen LogP contribution in [0.3, 0.4) is 0 Å². The molecule has 0 bridgehead atoms. The fraction of sp³-hybridized carbons (Fsp3) is 0.176. The second-order valence-electron chi connectivity index (χ2n) is 5.57. The maximum atomic E-state index is 12.1. The van der Waals surface area contributed by atoms with E-state index in [1.54, 1.807) is 6.07 Å². The van der Waals surface area contributed by atoms with E-state index in [1.807, 2.05) is 31.2 Å². The van der Waals surface area contributed by atoms with Gasteiger partial charge in [0.15, 0.2) is 17.1 Å². The third-order valence-corrected chi connectivity index (χ3v) is 3.60. The van der Waals surface area contributed by atoms with E-state index in [1.165, 1.54) is 11.5 Å². The van der Waals surface area contributed by atoms with Gasteiger partial charge in [0.2, 0.25) is 0 Å². The van der Waals surface area contributed by atoms with Crippen LogP contribution in [0, 0.1) is 6.92 Å². The minimum atomic E-state index is -0.768. The molecule has 0 saturated heterocycles. The molecule has 9 heteroatoms. The van der Waals surface area contributed by atoms with Gasteiger partial charge in [-0.1, -0.05) is 34.1 Å². The summed E-state index contributed by atoms with van der Waals surface area (Å²) in [6.45, 7) is 2.22. The monoisotopic (exact) mass is 356 g/mol. The number of hydroxylamine groups is 1. The lowest BCUT2D eigenvalue weighted by Gasteiger charge is -1.99. The van der Waals surface area contributed by atoms with Gasteiger partial charge >= 0.3 is 0 Å². The molecular formula is C17H16N4O5. The van der Waals surface area contributed by atoms with Crippen LogP contribution >= 0.6 is 0 Å². The SMILES string of the molecule is Cc1cccc(-c2cc(C(=O)NCCc3cc(C(=O)NO)no3)no2)c1. The van der Waals surface area contributed by atoms with Crippen LogP contribution in [0.5, 0.6) is 0 Å². The number of hydrogen-bond acceptors (Lipinski definition) is 7. The first-order valence-corrected chi connectivity index (χ1v) is 7.79. The predicted octanol–water partition coefficient (Wildman–Crippen LogP) is 1.73. The summed E-state index contributed by atoms with van der Waals surface area (Å²) in [4.78, 5) is 23.3. The summed E-state index contributed by atoms with van der Waals surface area (Å²) in [6, 6.07) is 10.6. The molecule has 0 aliphatic carbocycles. The maximum Gasteiger partial charge on any atom is 0.296 e. The molecular weight excluding hydrogens is 340 g/mol. The van der Waals surface area contributed by atoms with Crippen LogP contribution in [0.2, 0.25) is 0 Å². The Bertz CT molecular complexity index is 931. The summed E-state index contributed by atoms with van der Waals surface area (Å²) in [5.74, 6) is -0.256. The van der Waals surface area contributed by atoms with Crippen molar-refractivity contribution in [3.05, 3.63) is 59.1 Å². The number of hydrogen-bond donors (Lipinski definition) is 3. The van der Waals surface area contributed by atoms with Gasteiger partial charge in [-0.2, -0.15) is 0 Å². The van der Waals surface area contributed by atoms with Gasteiger partial charge in [-0.25, -0.2) is 5.48 Å². The largest absolute Gasteiger partial charge is 0.361 e. The zero-order valence-electron chi connectivity index (χ0n) is 13.9. The Hall–Kier alpha value is -3.46. The van der Waals surface area contributed by atoms with Crippen molar-refractivity contribution >= 4 is 11.8 Å². The van der Waals surface area contributed by atoms with Crippen LogP contribution in [0.4, 0.5) is 0 Å². The lowest BCUT2D eigenvalue weighted by Crippen LogP contribution is -2.25. The molecule has 1 aromatic carbocycles. The van der Waals surface area contributed by atoms with Gasteiger partial charge in [0.1, 0.15) is 5.76 Å². The topological polar surface area (TPSA) is 130 Å². The van der Waals surface area contributed by atoms with E-state index in [4.69, 9.17) is 14.3 Å². The van der Waals surface area contributed by atoms with Crippen molar-refractivity contribution in [2.45, 2.75) is 13.3 Å². The molecule has 3 N–H and O–H groups in total. The Morgan fingerprint density at radius 1 is 1.08 bits per heavy atom. The highest BCUT2D eigenvalue weighted by molar-refractivity contribution is 5.93. The number of nitrogens with zero attached hydrogens (tertiary/aromatic N) is 2. The van der Waals surface area contributed by atoms with Crippen molar-refractivity contribution in [2.24, 2.45) is 0 Å². The fourth-order valence-electron chi connectivity index (χ4n) is 2.30. The average Bonchev–Trinajstić information content (AvgIpc) is 3.31. The quantitative estimate of drug-likeness (QED) is 0.453. The van der Waals surface area contributed by atoms with Gasteiger partial charge in [-0.05, 0) is 13.0 Å². The molecule has 26 heavy (non-hydrogen) atoms. The van der Waals surface area contributed by atoms with Crippen molar-refractivity contribution in [2.75, 3.05) is 6.54 Å². The van der Waals surface area contributed by atoms with Crippen molar-refractivity contribution in [3.8, 4) is 11.3 Å². The van der Waals surface area contributed by atoms with Gasteiger partial charge in [0.05, 0.1) is 0 Å². The van der Waals surface area contributed by atoms with Crippen molar-refractivity contribution in [3.63, 3.8) is 0 Å². The molecule has 3 aromatic rings. The predicted molar refractivity (Wildman–Crippen MR) is 88.5 cm³/mol. The number of aromatic nitrogens is 2. The lowest BCUT2D eigenvalue weighted by molar-refractivity contribution is 0.0696. The van der Waals surface area contributed by atoms with Crippen LogP contribution in [0.25, 0.3) is 11.3 Å². The molecule has 0 unspecified atom stereocenters. The molecule has 9 nitrogen and oxygen atoms in total. The number of carbonyl (C=O) groups is 2. The minimum absolute atomic E-state index is 0.0480. The highest BCUT2D eigenvalue weighted by Crippen LogP contribution is 2.21. The molecule has 0 radical (unpaired) electrons. The minimum Gasteiger partial charge on any atom is -0.361 e. The molecule has 2 amide bonds. The van der Waals surface area contributed by atoms with E-state index in [0.29, 0.717) is 17.9 Å². The molecule has 0 fully saturated rings. The van der Waals surface area contributed by atoms with Gasteiger partial charge in [-0.15, -0.1) is 0 Å². The summed E-state index contributed by atoms with van der Waals surface area (Å²) in [5, 5.41) is 18.5. The van der Waals surface area contributed by atoms with Gasteiger partial charge in [0.25, 0.3) is 11.8 Å². The third-order valence-electron chi connectivity index (χ3n) is 3.60. The zero-order chi connectivity index (χ0) is 18.5.